The van der Waals surface area contributed by atoms with Crippen molar-refractivity contribution in [3.8, 4) is 0 Å². The Morgan fingerprint density at radius 3 is 2.37 bits per heavy atom. The van der Waals surface area contributed by atoms with Crippen LogP contribution in [0.1, 0.15) is 38.8 Å². The summed E-state index contributed by atoms with van der Waals surface area (Å²) in [6.07, 6.45) is 0. The highest BCUT2D eigenvalue weighted by molar-refractivity contribution is 6.01. The molecule has 0 aromatic heterocycles. The van der Waals surface area contributed by atoms with Gasteiger partial charge in [0.2, 0.25) is 5.91 Å². The first-order chi connectivity index (χ1) is 8.62. The first-order valence-electron chi connectivity index (χ1n) is 6.81. The van der Waals surface area contributed by atoms with Crippen LogP contribution < -0.4 is 10.2 Å². The van der Waals surface area contributed by atoms with E-state index in [1.165, 1.54) is 5.56 Å². The average Bonchev–Trinajstić information content (AvgIpc) is 2.22. The molecule has 3 nitrogen and oxygen atoms in total. The number of carbonyl (C=O) groups excluding carboxylic acids is 1. The van der Waals surface area contributed by atoms with Gasteiger partial charge in [-0.3, -0.25) is 10.1 Å². The van der Waals surface area contributed by atoms with Gasteiger partial charge in [0.25, 0.3) is 0 Å². The normalized spacial score (nSPS) is 21.6. The van der Waals surface area contributed by atoms with Crippen molar-refractivity contribution in [2.75, 3.05) is 11.4 Å². The van der Waals surface area contributed by atoms with Crippen molar-refractivity contribution in [2.24, 2.45) is 0 Å². The lowest BCUT2D eigenvalue weighted by Crippen LogP contribution is -2.70. The molecule has 104 valence electrons. The molecular formula is C16H24N2O. The zero-order valence-corrected chi connectivity index (χ0v) is 12.8. The molecule has 1 saturated heterocycles. The molecule has 1 amide bonds. The van der Waals surface area contributed by atoms with Gasteiger partial charge in [-0.25, -0.2) is 0 Å². The van der Waals surface area contributed by atoms with Crippen LogP contribution in [0, 0.1) is 13.8 Å². The van der Waals surface area contributed by atoms with Crippen LogP contribution in [0.25, 0.3) is 0 Å². The van der Waals surface area contributed by atoms with E-state index in [2.05, 4.69) is 51.2 Å². The molecule has 1 heterocycles. The van der Waals surface area contributed by atoms with Crippen LogP contribution in [0.5, 0.6) is 0 Å². The summed E-state index contributed by atoms with van der Waals surface area (Å²) in [6, 6.07) is 6.25. The maximum Gasteiger partial charge on any atom is 0.246 e. The highest BCUT2D eigenvalue weighted by atomic mass is 16.2. The Balaban J connectivity index is 2.45. The standard InChI is InChI=1S/C16H24N2O/c1-11-7-8-13(12(2)9-11)18-10-15(3,4)17-16(5,6)14(18)19/h7-9,17H,10H2,1-6H3. The SMILES string of the molecule is Cc1ccc(N2CC(C)(C)NC(C)(C)C2=O)c(C)c1. The van der Waals surface area contributed by atoms with Crippen LogP contribution in [0.4, 0.5) is 5.69 Å². The van der Waals surface area contributed by atoms with Gasteiger partial charge in [0.15, 0.2) is 0 Å². The minimum absolute atomic E-state index is 0.0886. The van der Waals surface area contributed by atoms with E-state index in [9.17, 15) is 4.79 Å². The summed E-state index contributed by atoms with van der Waals surface area (Å²) in [7, 11) is 0. The second-order valence-electron chi connectivity index (χ2n) is 6.82. The molecule has 3 heteroatoms. The topological polar surface area (TPSA) is 32.3 Å². The Labute approximate surface area is 116 Å². The van der Waals surface area contributed by atoms with Crippen LogP contribution in [0.3, 0.4) is 0 Å². The third kappa shape index (κ3) is 2.66. The van der Waals surface area contributed by atoms with Gasteiger partial charge in [0, 0.05) is 17.8 Å². The highest BCUT2D eigenvalue weighted by Crippen LogP contribution is 2.29. The summed E-state index contributed by atoms with van der Waals surface area (Å²) in [5.41, 5.74) is 2.79. The Morgan fingerprint density at radius 1 is 1.16 bits per heavy atom. The number of aryl methyl sites for hydroxylation is 2. The zero-order chi connectivity index (χ0) is 14.4. The van der Waals surface area contributed by atoms with Crippen LogP contribution in [0.2, 0.25) is 0 Å². The van der Waals surface area contributed by atoms with Gasteiger partial charge in [0.05, 0.1) is 5.54 Å². The number of carbonyl (C=O) groups is 1. The molecule has 2 rings (SSSR count). The molecule has 1 aromatic rings. The molecule has 1 fully saturated rings. The van der Waals surface area contributed by atoms with E-state index in [0.717, 1.165) is 11.3 Å². The Hall–Kier alpha value is -1.35. The predicted molar refractivity (Wildman–Crippen MR) is 79.6 cm³/mol. The molecule has 0 spiro atoms. The van der Waals surface area contributed by atoms with Gasteiger partial charge in [0.1, 0.15) is 0 Å². The van der Waals surface area contributed by atoms with Gasteiger partial charge in [-0.15, -0.1) is 0 Å². The first kappa shape index (κ1) is 14.1. The Bertz CT molecular complexity index is 517. The molecule has 1 aromatic carbocycles. The maximum absolute atomic E-state index is 12.6. The van der Waals surface area contributed by atoms with Crippen LogP contribution >= 0.6 is 0 Å². The van der Waals surface area contributed by atoms with E-state index in [1.54, 1.807) is 0 Å². The Kier molecular flexibility index (Phi) is 3.21. The first-order valence-corrected chi connectivity index (χ1v) is 6.81. The van der Waals surface area contributed by atoms with Crippen molar-refractivity contribution in [1.82, 2.24) is 5.32 Å². The fraction of sp³-hybridized carbons (Fsp3) is 0.562. The summed E-state index contributed by atoms with van der Waals surface area (Å²) in [5, 5.41) is 3.42. The summed E-state index contributed by atoms with van der Waals surface area (Å²) in [5.74, 6) is 0.138. The number of amides is 1. The average molecular weight is 260 g/mol. The number of nitrogens with one attached hydrogen (secondary N) is 1. The van der Waals surface area contributed by atoms with Crippen molar-refractivity contribution in [3.05, 3.63) is 29.3 Å². The summed E-state index contributed by atoms with van der Waals surface area (Å²) < 4.78 is 0. The number of hydrogen-bond donors (Lipinski definition) is 1. The smallest absolute Gasteiger partial charge is 0.246 e. The zero-order valence-electron chi connectivity index (χ0n) is 12.8. The van der Waals surface area contributed by atoms with Crippen molar-refractivity contribution in [3.63, 3.8) is 0 Å². The van der Waals surface area contributed by atoms with Crippen molar-refractivity contribution in [1.29, 1.82) is 0 Å². The number of hydrogen-bond acceptors (Lipinski definition) is 2. The molecule has 0 bridgehead atoms. The molecule has 19 heavy (non-hydrogen) atoms. The van der Waals surface area contributed by atoms with E-state index in [1.807, 2.05) is 18.7 Å². The van der Waals surface area contributed by atoms with E-state index >= 15 is 0 Å². The predicted octanol–water partition coefficient (Wildman–Crippen LogP) is 2.80. The second-order valence-corrected chi connectivity index (χ2v) is 6.82. The molecule has 0 aliphatic carbocycles. The molecule has 0 saturated carbocycles. The fourth-order valence-corrected chi connectivity index (χ4v) is 3.05. The Morgan fingerprint density at radius 2 is 1.79 bits per heavy atom. The third-order valence-corrected chi connectivity index (χ3v) is 3.63. The molecule has 0 unspecified atom stereocenters. The summed E-state index contributed by atoms with van der Waals surface area (Å²) in [4.78, 5) is 14.6. The monoisotopic (exact) mass is 260 g/mol. The second kappa shape index (κ2) is 4.34. The summed E-state index contributed by atoms with van der Waals surface area (Å²) in [6.45, 7) is 13.0. The highest BCUT2D eigenvalue weighted by Gasteiger charge is 2.44. The molecule has 1 aliphatic rings. The van der Waals surface area contributed by atoms with E-state index in [0.29, 0.717) is 6.54 Å². The largest absolute Gasteiger partial charge is 0.309 e. The van der Waals surface area contributed by atoms with E-state index in [4.69, 9.17) is 0 Å². The number of nitrogens with zero attached hydrogens (tertiary/aromatic N) is 1. The molecule has 1 aliphatic heterocycles. The molecule has 0 atom stereocenters. The number of benzene rings is 1. The molecule has 0 radical (unpaired) electrons. The number of anilines is 1. The van der Waals surface area contributed by atoms with E-state index in [-0.39, 0.29) is 11.4 Å². The van der Waals surface area contributed by atoms with Crippen LogP contribution in [0.15, 0.2) is 18.2 Å². The van der Waals surface area contributed by atoms with Gasteiger partial charge in [-0.2, -0.15) is 0 Å². The van der Waals surface area contributed by atoms with Gasteiger partial charge in [-0.05, 0) is 53.2 Å². The lowest BCUT2D eigenvalue weighted by Gasteiger charge is -2.47. The van der Waals surface area contributed by atoms with Crippen LogP contribution in [-0.4, -0.2) is 23.5 Å². The quantitative estimate of drug-likeness (QED) is 0.842. The number of rotatable bonds is 1. The van der Waals surface area contributed by atoms with Gasteiger partial charge >= 0.3 is 0 Å². The van der Waals surface area contributed by atoms with Gasteiger partial charge < -0.3 is 4.90 Å². The lowest BCUT2D eigenvalue weighted by molar-refractivity contribution is -0.126. The van der Waals surface area contributed by atoms with Crippen molar-refractivity contribution >= 4 is 11.6 Å². The van der Waals surface area contributed by atoms with Crippen molar-refractivity contribution < 1.29 is 4.79 Å². The van der Waals surface area contributed by atoms with Crippen molar-refractivity contribution in [2.45, 2.75) is 52.6 Å². The number of piperazine rings is 1. The van der Waals surface area contributed by atoms with E-state index < -0.39 is 5.54 Å². The third-order valence-electron chi connectivity index (χ3n) is 3.63. The minimum atomic E-state index is -0.529. The lowest BCUT2D eigenvalue weighted by atomic mass is 9.89. The van der Waals surface area contributed by atoms with Crippen LogP contribution in [-0.2, 0) is 4.79 Å². The fourth-order valence-electron chi connectivity index (χ4n) is 3.05. The minimum Gasteiger partial charge on any atom is -0.309 e. The summed E-state index contributed by atoms with van der Waals surface area (Å²) >= 11 is 0. The molecular weight excluding hydrogens is 236 g/mol. The van der Waals surface area contributed by atoms with Gasteiger partial charge in [-0.1, -0.05) is 17.7 Å². The maximum atomic E-state index is 12.6. The molecule has 1 N–H and O–H groups in total.